The first kappa shape index (κ1) is 24.0. The van der Waals surface area contributed by atoms with Crippen LogP contribution in [-0.4, -0.2) is 17.9 Å². The molecule has 3 aromatic rings. The Labute approximate surface area is 240 Å². The standard InChI is InChI=1S/C37H29N4/c1-3-9-27(10-4-1)34-39-35(28-11-5-2-6-12-28)41-36(40-34)31-20-19-30-24-37(30)23-29(18-21-32(31)37)25-14-16-26(17-15-25)33-13-7-8-22-38-33/h1-6,9-23,30,34H,7-8,24H2/q-1. The van der Waals surface area contributed by atoms with E-state index in [0.29, 0.717) is 5.92 Å². The van der Waals surface area contributed by atoms with Crippen molar-refractivity contribution in [2.24, 2.45) is 26.3 Å². The quantitative estimate of drug-likeness (QED) is 0.318. The highest BCUT2D eigenvalue weighted by Crippen LogP contribution is 2.65. The van der Waals surface area contributed by atoms with Gasteiger partial charge in [0.05, 0.1) is 17.7 Å². The fourth-order valence-corrected chi connectivity index (χ4v) is 6.35. The molecule has 2 heterocycles. The smallest absolute Gasteiger partial charge is 0.0822 e. The largest absolute Gasteiger partial charge is 0.438 e. The van der Waals surface area contributed by atoms with Crippen molar-refractivity contribution in [3.05, 3.63) is 160 Å². The van der Waals surface area contributed by atoms with E-state index in [2.05, 4.69) is 90.0 Å². The van der Waals surface area contributed by atoms with Crippen molar-refractivity contribution >= 4 is 29.2 Å². The van der Waals surface area contributed by atoms with Gasteiger partial charge in [0.25, 0.3) is 0 Å². The summed E-state index contributed by atoms with van der Waals surface area (Å²) >= 11 is 0. The molecule has 0 saturated heterocycles. The fraction of sp³-hybridized carbons (Fsp3) is 0.162. The molecule has 0 radical (unpaired) electrons. The van der Waals surface area contributed by atoms with Crippen molar-refractivity contribution in [1.29, 1.82) is 0 Å². The van der Waals surface area contributed by atoms with E-state index < -0.39 is 0 Å². The van der Waals surface area contributed by atoms with Crippen LogP contribution in [0.1, 0.15) is 47.7 Å². The average Bonchev–Trinajstić information content (AvgIpc) is 3.78. The van der Waals surface area contributed by atoms with Crippen LogP contribution in [-0.2, 0) is 0 Å². The summed E-state index contributed by atoms with van der Waals surface area (Å²) in [6, 6.07) is 29.4. The van der Waals surface area contributed by atoms with Crippen molar-refractivity contribution in [3.63, 3.8) is 0 Å². The van der Waals surface area contributed by atoms with Gasteiger partial charge >= 0.3 is 0 Å². The average molecular weight is 530 g/mol. The van der Waals surface area contributed by atoms with Crippen LogP contribution in [0.4, 0.5) is 0 Å². The molecule has 3 unspecified atom stereocenters. The molecule has 0 amide bonds. The predicted molar refractivity (Wildman–Crippen MR) is 169 cm³/mol. The van der Waals surface area contributed by atoms with Crippen LogP contribution in [0.3, 0.4) is 0 Å². The van der Waals surface area contributed by atoms with Gasteiger partial charge in [0, 0.05) is 11.6 Å². The van der Waals surface area contributed by atoms with Gasteiger partial charge in [-0.25, -0.2) is 0 Å². The van der Waals surface area contributed by atoms with Gasteiger partial charge in [-0.1, -0.05) is 127 Å². The molecule has 3 aliphatic carbocycles. The third-order valence-corrected chi connectivity index (χ3v) is 8.64. The number of hydrogen-bond acceptors (Lipinski definition) is 3. The Morgan fingerprint density at radius 2 is 1.54 bits per heavy atom. The normalized spacial score (nSPS) is 25.8. The molecule has 1 saturated carbocycles. The van der Waals surface area contributed by atoms with Gasteiger partial charge in [0.15, 0.2) is 0 Å². The molecular formula is C37H29N4-. The van der Waals surface area contributed by atoms with E-state index >= 15 is 0 Å². The Hall–Kier alpha value is -4.83. The Morgan fingerprint density at radius 1 is 0.756 bits per heavy atom. The van der Waals surface area contributed by atoms with Gasteiger partial charge in [-0.2, -0.15) is 0 Å². The number of benzene rings is 3. The summed E-state index contributed by atoms with van der Waals surface area (Å²) in [5, 5.41) is 4.96. The lowest BCUT2D eigenvalue weighted by molar-refractivity contribution is 0.735. The zero-order valence-electron chi connectivity index (χ0n) is 22.7. The first-order chi connectivity index (χ1) is 20.3. The molecular weight excluding hydrogens is 500 g/mol. The van der Waals surface area contributed by atoms with Crippen molar-refractivity contribution in [2.75, 3.05) is 0 Å². The monoisotopic (exact) mass is 529 g/mol. The van der Waals surface area contributed by atoms with Crippen LogP contribution in [0.25, 0.3) is 16.6 Å². The highest BCUT2D eigenvalue weighted by molar-refractivity contribution is 6.19. The highest BCUT2D eigenvalue weighted by atomic mass is 15.2. The van der Waals surface area contributed by atoms with E-state index in [9.17, 15) is 0 Å². The third-order valence-electron chi connectivity index (χ3n) is 8.64. The Morgan fingerprint density at radius 3 is 2.32 bits per heavy atom. The first-order valence-corrected chi connectivity index (χ1v) is 14.4. The summed E-state index contributed by atoms with van der Waals surface area (Å²) in [7, 11) is 0. The molecule has 0 aromatic heterocycles. The lowest BCUT2D eigenvalue weighted by Gasteiger charge is -2.34. The fourth-order valence-electron chi connectivity index (χ4n) is 6.35. The zero-order chi connectivity index (χ0) is 27.2. The Balaban J connectivity index is 1.16. The van der Waals surface area contributed by atoms with E-state index in [-0.39, 0.29) is 11.6 Å². The minimum absolute atomic E-state index is 0.00477. The van der Waals surface area contributed by atoms with Crippen LogP contribution in [0.2, 0.25) is 0 Å². The lowest BCUT2D eigenvalue weighted by atomic mass is 9.79. The van der Waals surface area contributed by atoms with Gasteiger partial charge in [0.2, 0.25) is 0 Å². The number of rotatable bonds is 5. The van der Waals surface area contributed by atoms with E-state index in [1.165, 1.54) is 22.3 Å². The number of nitrogens with zero attached hydrogens (tertiary/aromatic N) is 4. The summed E-state index contributed by atoms with van der Waals surface area (Å²) in [5.41, 5.74) is 9.26. The minimum Gasteiger partial charge on any atom is -0.438 e. The molecule has 4 nitrogen and oxygen atoms in total. The van der Waals surface area contributed by atoms with Crippen LogP contribution in [0.5, 0.6) is 0 Å². The maximum Gasteiger partial charge on any atom is 0.0822 e. The molecule has 0 N–H and O–H groups in total. The molecule has 1 fully saturated rings. The second-order valence-electron chi connectivity index (χ2n) is 11.2. The third kappa shape index (κ3) is 4.27. The van der Waals surface area contributed by atoms with E-state index in [0.717, 1.165) is 53.3 Å². The molecule has 2 aliphatic heterocycles. The van der Waals surface area contributed by atoms with E-state index in [1.807, 2.05) is 42.6 Å². The molecule has 3 aromatic carbocycles. The predicted octanol–water partition coefficient (Wildman–Crippen LogP) is 8.65. The van der Waals surface area contributed by atoms with Crippen LogP contribution >= 0.6 is 0 Å². The van der Waals surface area contributed by atoms with Crippen LogP contribution < -0.4 is 0 Å². The van der Waals surface area contributed by atoms with Gasteiger partial charge in [0.1, 0.15) is 0 Å². The number of aliphatic imine (C=N–C) groups is 3. The second-order valence-corrected chi connectivity index (χ2v) is 11.2. The molecule has 5 aliphatic rings. The summed E-state index contributed by atoms with van der Waals surface area (Å²) in [6.45, 7) is 0. The van der Waals surface area contributed by atoms with Gasteiger partial charge in [-0.05, 0) is 64.2 Å². The summed E-state index contributed by atoms with van der Waals surface area (Å²) in [4.78, 5) is 14.7. The van der Waals surface area contributed by atoms with Crippen molar-refractivity contribution < 1.29 is 0 Å². The highest BCUT2D eigenvalue weighted by Gasteiger charge is 2.56. The SMILES string of the molecule is C1=CC2=C(C3=NC(c4ccccc4)[N-]C(c4ccccc4)=N3)C=CC3CC23C=C1c1ccc(C2=CCCC=N2)cc1. The van der Waals surface area contributed by atoms with Crippen LogP contribution in [0.15, 0.2) is 148 Å². The first-order valence-electron chi connectivity index (χ1n) is 14.4. The molecule has 4 heteroatoms. The summed E-state index contributed by atoms with van der Waals surface area (Å²) in [6.07, 6.45) is 18.8. The summed E-state index contributed by atoms with van der Waals surface area (Å²) in [5.74, 6) is 2.00. The van der Waals surface area contributed by atoms with Crippen LogP contribution in [0, 0.1) is 11.3 Å². The molecule has 3 atom stereocenters. The topological polar surface area (TPSA) is 51.2 Å². The molecule has 8 rings (SSSR count). The van der Waals surface area contributed by atoms with E-state index in [4.69, 9.17) is 15.3 Å². The Bertz CT molecular complexity index is 1770. The summed E-state index contributed by atoms with van der Waals surface area (Å²) < 4.78 is 0. The maximum atomic E-state index is 5.11. The molecule has 1 spiro atoms. The number of hydrogen-bond donors (Lipinski definition) is 0. The van der Waals surface area contributed by atoms with Gasteiger partial charge in [-0.3, -0.25) is 9.98 Å². The number of allylic oxidation sites excluding steroid dienone is 7. The zero-order valence-corrected chi connectivity index (χ0v) is 22.7. The second kappa shape index (κ2) is 9.67. The van der Waals surface area contributed by atoms with Gasteiger partial charge in [-0.15, -0.1) is 0 Å². The van der Waals surface area contributed by atoms with Gasteiger partial charge < -0.3 is 10.3 Å². The molecule has 0 bridgehead atoms. The Kier molecular flexibility index (Phi) is 5.66. The number of amidine groups is 2. The lowest BCUT2D eigenvalue weighted by Crippen LogP contribution is -2.20. The van der Waals surface area contributed by atoms with Crippen molar-refractivity contribution in [3.8, 4) is 0 Å². The molecule has 198 valence electrons. The van der Waals surface area contributed by atoms with Crippen molar-refractivity contribution in [2.45, 2.75) is 25.4 Å². The van der Waals surface area contributed by atoms with E-state index in [1.54, 1.807) is 0 Å². The molecule has 41 heavy (non-hydrogen) atoms. The maximum absolute atomic E-state index is 5.11. The van der Waals surface area contributed by atoms with Crippen molar-refractivity contribution in [1.82, 2.24) is 0 Å². The minimum atomic E-state index is -0.325.